The lowest BCUT2D eigenvalue weighted by Gasteiger charge is -2.31. The Balaban J connectivity index is 3.20. The van der Waals surface area contributed by atoms with Gasteiger partial charge in [0.1, 0.15) is 5.75 Å². The van der Waals surface area contributed by atoms with E-state index in [0.29, 0.717) is 12.6 Å². The molecule has 0 aliphatic carbocycles. The Hall–Kier alpha value is -2.09. The Morgan fingerprint density at radius 3 is 2.37 bits per heavy atom. The van der Waals surface area contributed by atoms with Gasteiger partial charge in [-0.3, -0.25) is 4.79 Å². The van der Waals surface area contributed by atoms with Crippen molar-refractivity contribution in [3.05, 3.63) is 29.3 Å². The molecule has 1 atom stereocenters. The molecule has 0 spiro atoms. The number of halogens is 3. The fraction of sp³-hybridized carbons (Fsp3) is 0.579. The second-order valence-corrected chi connectivity index (χ2v) is 6.98. The van der Waals surface area contributed by atoms with E-state index in [-0.39, 0.29) is 42.3 Å². The van der Waals surface area contributed by atoms with Crippen molar-refractivity contribution < 1.29 is 27.8 Å². The highest BCUT2D eigenvalue weighted by molar-refractivity contribution is 5.82. The number of alkyl halides is 3. The summed E-state index contributed by atoms with van der Waals surface area (Å²) in [5, 5.41) is 16.3. The van der Waals surface area contributed by atoms with Crippen molar-refractivity contribution in [2.24, 2.45) is 5.92 Å². The molecule has 27 heavy (non-hydrogen) atoms. The third kappa shape index (κ3) is 6.53. The molecule has 5 nitrogen and oxygen atoms in total. The Labute approximate surface area is 157 Å². The van der Waals surface area contributed by atoms with Gasteiger partial charge >= 0.3 is 6.18 Å². The van der Waals surface area contributed by atoms with E-state index in [9.17, 15) is 23.1 Å². The average Bonchev–Trinajstić information content (AvgIpc) is 2.57. The molecule has 1 amide bonds. The van der Waals surface area contributed by atoms with Crippen molar-refractivity contribution in [3.8, 4) is 5.75 Å². The number of amides is 1. The summed E-state index contributed by atoms with van der Waals surface area (Å²) in [6, 6.07) is 3.10. The normalized spacial score (nSPS) is 13.0. The topological polar surface area (TPSA) is 73.6 Å². The van der Waals surface area contributed by atoms with E-state index in [1.807, 2.05) is 13.8 Å². The number of aliphatic hydroxyl groups is 1. The lowest BCUT2D eigenvalue weighted by Crippen LogP contribution is -2.47. The minimum Gasteiger partial charge on any atom is -0.481 e. The molecule has 0 radical (unpaired) electrons. The van der Waals surface area contributed by atoms with Gasteiger partial charge in [-0.2, -0.15) is 13.2 Å². The number of carbonyl (C=O) groups excluding carboxylic acids is 1. The molecule has 0 fully saturated rings. The van der Waals surface area contributed by atoms with Crippen LogP contribution in [0.3, 0.4) is 0 Å². The van der Waals surface area contributed by atoms with Crippen molar-refractivity contribution in [2.45, 2.75) is 52.4 Å². The number of nitrogens with zero attached hydrogens (tertiary/aromatic N) is 1. The van der Waals surface area contributed by atoms with E-state index in [2.05, 4.69) is 0 Å². The number of carbonyl (C=O) groups is 1. The zero-order valence-electron chi connectivity index (χ0n) is 16.0. The summed E-state index contributed by atoms with van der Waals surface area (Å²) in [6.45, 7) is 7.25. The van der Waals surface area contributed by atoms with Crippen LogP contribution in [-0.4, -0.2) is 47.4 Å². The highest BCUT2D eigenvalue weighted by Crippen LogP contribution is 2.34. The summed E-state index contributed by atoms with van der Waals surface area (Å²) in [6.07, 6.45) is -4.65. The summed E-state index contributed by atoms with van der Waals surface area (Å²) < 4.78 is 45.2. The number of aliphatic hydroxyl groups excluding tert-OH is 1. The van der Waals surface area contributed by atoms with Crippen molar-refractivity contribution >= 4 is 12.1 Å². The zero-order valence-corrected chi connectivity index (χ0v) is 16.0. The van der Waals surface area contributed by atoms with Crippen LogP contribution in [0.4, 0.5) is 13.2 Å². The minimum absolute atomic E-state index is 0.0741. The van der Waals surface area contributed by atoms with Gasteiger partial charge in [-0.25, -0.2) is 0 Å². The molecular weight excluding hydrogens is 361 g/mol. The van der Waals surface area contributed by atoms with Gasteiger partial charge in [-0.05, 0) is 44.4 Å². The number of ether oxygens (including phenoxy) is 1. The smallest absolute Gasteiger partial charge is 0.417 e. The molecule has 1 aromatic rings. The Kier molecular flexibility index (Phi) is 8.27. The highest BCUT2D eigenvalue weighted by Gasteiger charge is 2.34. The van der Waals surface area contributed by atoms with Crippen LogP contribution in [-0.2, 0) is 11.0 Å². The first-order valence-corrected chi connectivity index (χ1v) is 8.81. The number of hydrogen-bond acceptors (Lipinski definition) is 4. The molecule has 0 aliphatic heterocycles. The number of nitrogens with one attached hydrogen (secondary N) is 1. The van der Waals surface area contributed by atoms with Gasteiger partial charge in [0, 0.05) is 24.4 Å². The first kappa shape index (κ1) is 23.0. The van der Waals surface area contributed by atoms with Crippen LogP contribution in [0.15, 0.2) is 18.2 Å². The van der Waals surface area contributed by atoms with Gasteiger partial charge in [0.05, 0.1) is 12.2 Å². The first-order valence-electron chi connectivity index (χ1n) is 8.81. The highest BCUT2D eigenvalue weighted by atomic mass is 19.4. The first-order chi connectivity index (χ1) is 12.5. The maximum absolute atomic E-state index is 13.2. The van der Waals surface area contributed by atoms with Crippen molar-refractivity contribution in [1.82, 2.24) is 4.90 Å². The SMILES string of the molecule is CC(C)CC(Oc1ccc(C=N)c(C(F)(F)F)c1)C(=O)N(CCO)C(C)C. The second-order valence-electron chi connectivity index (χ2n) is 6.98. The lowest BCUT2D eigenvalue weighted by atomic mass is 10.0. The third-order valence-electron chi connectivity index (χ3n) is 3.97. The van der Waals surface area contributed by atoms with Gasteiger partial charge in [-0.15, -0.1) is 0 Å². The van der Waals surface area contributed by atoms with Crippen LogP contribution in [0.25, 0.3) is 0 Å². The predicted octanol–water partition coefficient (Wildman–Crippen LogP) is 3.73. The molecule has 1 aromatic carbocycles. The number of rotatable bonds is 9. The summed E-state index contributed by atoms with van der Waals surface area (Å²) in [7, 11) is 0. The van der Waals surface area contributed by atoms with Crippen molar-refractivity contribution in [3.63, 3.8) is 0 Å². The molecule has 0 bridgehead atoms. The molecule has 2 N–H and O–H groups in total. The maximum atomic E-state index is 13.2. The van der Waals surface area contributed by atoms with E-state index in [4.69, 9.17) is 10.1 Å². The van der Waals surface area contributed by atoms with E-state index in [1.165, 1.54) is 11.0 Å². The molecule has 1 rings (SSSR count). The molecule has 1 unspecified atom stereocenters. The quantitative estimate of drug-likeness (QED) is 0.633. The third-order valence-corrected chi connectivity index (χ3v) is 3.97. The van der Waals surface area contributed by atoms with Crippen molar-refractivity contribution in [1.29, 1.82) is 5.41 Å². The maximum Gasteiger partial charge on any atom is 0.417 e. The number of hydrogen-bond donors (Lipinski definition) is 2. The fourth-order valence-corrected chi connectivity index (χ4v) is 2.69. The summed E-state index contributed by atoms with van der Waals surface area (Å²) in [5.41, 5.74) is -1.26. The van der Waals surface area contributed by atoms with Crippen LogP contribution in [0.1, 0.15) is 45.2 Å². The summed E-state index contributed by atoms with van der Waals surface area (Å²) in [5.74, 6) is -0.387. The van der Waals surface area contributed by atoms with Crippen LogP contribution in [0.2, 0.25) is 0 Å². The van der Waals surface area contributed by atoms with Crippen molar-refractivity contribution in [2.75, 3.05) is 13.2 Å². The Morgan fingerprint density at radius 2 is 1.93 bits per heavy atom. The molecule has 152 valence electrons. The van der Waals surface area contributed by atoms with Gasteiger partial charge in [0.25, 0.3) is 5.91 Å². The molecule has 0 saturated heterocycles. The van der Waals surface area contributed by atoms with E-state index >= 15 is 0 Å². The van der Waals surface area contributed by atoms with Gasteiger partial charge < -0.3 is 20.2 Å². The zero-order chi connectivity index (χ0) is 20.8. The lowest BCUT2D eigenvalue weighted by molar-refractivity contribution is -0.141. The van der Waals surface area contributed by atoms with Gasteiger partial charge in [0.2, 0.25) is 0 Å². The summed E-state index contributed by atoms with van der Waals surface area (Å²) >= 11 is 0. The van der Waals surface area contributed by atoms with Crippen LogP contribution >= 0.6 is 0 Å². The molecule has 0 heterocycles. The van der Waals surface area contributed by atoms with Crippen LogP contribution < -0.4 is 4.74 Å². The molecule has 8 heteroatoms. The largest absolute Gasteiger partial charge is 0.481 e. The minimum atomic E-state index is -4.63. The average molecular weight is 388 g/mol. The standard InChI is InChI=1S/C19H27F3N2O3/c1-12(2)9-17(18(26)24(7-8-25)13(3)4)27-15-6-5-14(11-23)16(10-15)19(20,21)22/h5-6,10-13,17,23,25H,7-9H2,1-4H3. The van der Waals surface area contributed by atoms with Crippen LogP contribution in [0, 0.1) is 11.3 Å². The molecular formula is C19H27F3N2O3. The second kappa shape index (κ2) is 9.73. The van der Waals surface area contributed by atoms with E-state index in [0.717, 1.165) is 12.1 Å². The molecule has 0 aliphatic rings. The Bertz CT molecular complexity index is 646. The molecule has 0 saturated carbocycles. The van der Waals surface area contributed by atoms with E-state index in [1.54, 1.807) is 13.8 Å². The van der Waals surface area contributed by atoms with Gasteiger partial charge in [0.15, 0.2) is 6.10 Å². The predicted molar refractivity (Wildman–Crippen MR) is 97.1 cm³/mol. The monoisotopic (exact) mass is 388 g/mol. The Morgan fingerprint density at radius 1 is 1.30 bits per heavy atom. The number of benzene rings is 1. The van der Waals surface area contributed by atoms with E-state index < -0.39 is 17.8 Å². The van der Waals surface area contributed by atoms with Gasteiger partial charge in [-0.1, -0.05) is 13.8 Å². The van der Waals surface area contributed by atoms with Crippen LogP contribution in [0.5, 0.6) is 5.75 Å². The molecule has 0 aromatic heterocycles. The fourth-order valence-electron chi connectivity index (χ4n) is 2.69. The summed E-state index contributed by atoms with van der Waals surface area (Å²) in [4.78, 5) is 14.3.